The lowest BCUT2D eigenvalue weighted by molar-refractivity contribution is 0.669. The quantitative estimate of drug-likeness (QED) is 0.200. The maximum absolute atomic E-state index is 6.11. The fourth-order valence-electron chi connectivity index (χ4n) is 7.10. The fraction of sp³-hybridized carbons (Fsp3) is 0.0476. The van der Waals surface area contributed by atoms with Gasteiger partial charge in [-0.05, 0) is 103 Å². The molecule has 1 aliphatic rings. The van der Waals surface area contributed by atoms with E-state index in [9.17, 15) is 0 Å². The first-order valence-corrected chi connectivity index (χ1v) is 15.1. The predicted molar refractivity (Wildman–Crippen MR) is 182 cm³/mol. The van der Waals surface area contributed by atoms with Crippen molar-refractivity contribution in [3.63, 3.8) is 0 Å². The summed E-state index contributed by atoms with van der Waals surface area (Å²) >= 11 is 0. The molecule has 0 radical (unpaired) electrons. The first-order chi connectivity index (χ1) is 21.3. The van der Waals surface area contributed by atoms with E-state index in [2.05, 4.69) is 133 Å². The molecular weight excluding hydrogens is 520 g/mol. The first kappa shape index (κ1) is 24.2. The molecule has 0 unspecified atom stereocenters. The first-order valence-electron chi connectivity index (χ1n) is 15.1. The molecule has 0 fully saturated rings. The Bertz CT molecular complexity index is 2340. The smallest absolute Gasteiger partial charge is 0.135 e. The third kappa shape index (κ3) is 3.86. The number of allylic oxidation sites excluding steroid dienone is 1. The largest absolute Gasteiger partial charge is 0.456 e. The van der Waals surface area contributed by atoms with Gasteiger partial charge in [-0.3, -0.25) is 0 Å². The standard InChI is InChI=1S/C42H28O/c1-2-11-28-24-32(21-20-27(28)10-1)42-36-17-5-3-15-34(36)41(35-16-4-6-18-37(35)42)31-13-9-12-29(25-31)30-22-23-40-38(26-30)33-14-7-8-19-39(33)43-40/h1,3-10,12-26H,2,11H2. The van der Waals surface area contributed by atoms with Crippen LogP contribution in [0.4, 0.5) is 0 Å². The highest BCUT2D eigenvalue weighted by Crippen LogP contribution is 2.45. The lowest BCUT2D eigenvalue weighted by Gasteiger charge is -2.19. The second-order valence-electron chi connectivity index (χ2n) is 11.6. The number of hydrogen-bond donors (Lipinski definition) is 0. The molecule has 9 rings (SSSR count). The van der Waals surface area contributed by atoms with Crippen LogP contribution in [0.1, 0.15) is 17.5 Å². The highest BCUT2D eigenvalue weighted by molar-refractivity contribution is 6.21. The van der Waals surface area contributed by atoms with Gasteiger partial charge >= 0.3 is 0 Å². The maximum atomic E-state index is 6.11. The predicted octanol–water partition coefficient (Wildman–Crippen LogP) is 11.9. The van der Waals surface area contributed by atoms with E-state index in [0.717, 1.165) is 34.8 Å². The molecule has 0 spiro atoms. The van der Waals surface area contributed by atoms with Gasteiger partial charge in [-0.25, -0.2) is 0 Å². The van der Waals surface area contributed by atoms with Crippen LogP contribution in [-0.2, 0) is 6.42 Å². The fourth-order valence-corrected chi connectivity index (χ4v) is 7.10. The van der Waals surface area contributed by atoms with Crippen LogP contribution >= 0.6 is 0 Å². The molecule has 43 heavy (non-hydrogen) atoms. The van der Waals surface area contributed by atoms with Crippen LogP contribution < -0.4 is 0 Å². The molecule has 0 saturated carbocycles. The molecule has 0 bridgehead atoms. The summed E-state index contributed by atoms with van der Waals surface area (Å²) in [7, 11) is 0. The monoisotopic (exact) mass is 548 g/mol. The van der Waals surface area contributed by atoms with Gasteiger partial charge in [0.25, 0.3) is 0 Å². The molecule has 0 saturated heterocycles. The Balaban J connectivity index is 1.27. The van der Waals surface area contributed by atoms with Crippen molar-refractivity contribution in [3.05, 3.63) is 151 Å². The van der Waals surface area contributed by atoms with Crippen molar-refractivity contribution in [3.8, 4) is 33.4 Å². The Morgan fingerprint density at radius 2 is 1.00 bits per heavy atom. The van der Waals surface area contributed by atoms with E-state index in [4.69, 9.17) is 4.42 Å². The van der Waals surface area contributed by atoms with Crippen LogP contribution in [0.25, 0.3) is 82.9 Å². The van der Waals surface area contributed by atoms with Crippen LogP contribution in [0.5, 0.6) is 0 Å². The molecule has 8 aromatic rings. The van der Waals surface area contributed by atoms with Crippen molar-refractivity contribution in [1.29, 1.82) is 0 Å². The lowest BCUT2D eigenvalue weighted by Crippen LogP contribution is -1.96. The van der Waals surface area contributed by atoms with Gasteiger partial charge in [-0.2, -0.15) is 0 Å². The number of hydrogen-bond acceptors (Lipinski definition) is 1. The zero-order valence-electron chi connectivity index (χ0n) is 23.7. The number of aryl methyl sites for hydroxylation is 1. The second-order valence-corrected chi connectivity index (χ2v) is 11.6. The van der Waals surface area contributed by atoms with Crippen molar-refractivity contribution in [2.45, 2.75) is 12.8 Å². The number of fused-ring (bicyclic) bond motifs is 6. The van der Waals surface area contributed by atoms with Crippen LogP contribution in [0, 0.1) is 0 Å². The molecule has 1 aliphatic carbocycles. The van der Waals surface area contributed by atoms with E-state index < -0.39 is 0 Å². The summed E-state index contributed by atoms with van der Waals surface area (Å²) in [6.45, 7) is 0. The Hall–Kier alpha value is -5.40. The minimum Gasteiger partial charge on any atom is -0.456 e. The molecule has 1 nitrogen and oxygen atoms in total. The second kappa shape index (κ2) is 9.58. The van der Waals surface area contributed by atoms with Gasteiger partial charge in [0.05, 0.1) is 0 Å². The van der Waals surface area contributed by atoms with Gasteiger partial charge in [0, 0.05) is 10.8 Å². The van der Waals surface area contributed by atoms with Crippen molar-refractivity contribution < 1.29 is 4.42 Å². The summed E-state index contributed by atoms with van der Waals surface area (Å²) in [5.41, 5.74) is 12.1. The third-order valence-electron chi connectivity index (χ3n) is 9.10. The minimum absolute atomic E-state index is 0.923. The highest BCUT2D eigenvalue weighted by atomic mass is 16.3. The summed E-state index contributed by atoms with van der Waals surface area (Å²) in [5.74, 6) is 0. The van der Waals surface area contributed by atoms with Gasteiger partial charge in [0.15, 0.2) is 0 Å². The molecule has 0 N–H and O–H groups in total. The van der Waals surface area contributed by atoms with Gasteiger partial charge < -0.3 is 4.42 Å². The molecular formula is C42H28O. The van der Waals surface area contributed by atoms with Gasteiger partial charge in [0.2, 0.25) is 0 Å². The van der Waals surface area contributed by atoms with E-state index in [1.807, 2.05) is 12.1 Å². The van der Waals surface area contributed by atoms with E-state index in [0.29, 0.717) is 0 Å². The molecule has 1 aromatic heterocycles. The number of para-hydroxylation sites is 1. The molecule has 1 heteroatoms. The summed E-state index contributed by atoms with van der Waals surface area (Å²) in [6, 6.07) is 48.7. The number of benzene rings is 7. The van der Waals surface area contributed by atoms with E-state index in [1.54, 1.807) is 0 Å². The maximum Gasteiger partial charge on any atom is 0.135 e. The molecule has 202 valence electrons. The topological polar surface area (TPSA) is 13.1 Å². The molecule has 0 atom stereocenters. The number of rotatable bonds is 3. The van der Waals surface area contributed by atoms with Crippen molar-refractivity contribution >= 4 is 49.6 Å². The zero-order chi connectivity index (χ0) is 28.3. The Labute approximate surface area is 250 Å². The Kier molecular flexibility index (Phi) is 5.39. The summed E-state index contributed by atoms with van der Waals surface area (Å²) in [5, 5.41) is 7.45. The SMILES string of the molecule is C1=Cc2ccc(-c3c4ccccc4c(-c4cccc(-c5ccc6oc7ccccc7c6c5)c4)c4ccccc34)cc2CC1. The van der Waals surface area contributed by atoms with Crippen LogP contribution in [0.3, 0.4) is 0 Å². The normalized spacial score (nSPS) is 12.8. The van der Waals surface area contributed by atoms with Crippen LogP contribution in [-0.4, -0.2) is 0 Å². The van der Waals surface area contributed by atoms with Gasteiger partial charge in [-0.1, -0.05) is 121 Å². The zero-order valence-corrected chi connectivity index (χ0v) is 23.7. The van der Waals surface area contributed by atoms with Crippen LogP contribution in [0.2, 0.25) is 0 Å². The van der Waals surface area contributed by atoms with Crippen molar-refractivity contribution in [1.82, 2.24) is 0 Å². The molecule has 0 amide bonds. The Morgan fingerprint density at radius 3 is 1.74 bits per heavy atom. The Morgan fingerprint density at radius 1 is 0.419 bits per heavy atom. The van der Waals surface area contributed by atoms with Gasteiger partial charge in [-0.15, -0.1) is 0 Å². The minimum atomic E-state index is 0.923. The molecule has 7 aromatic carbocycles. The summed E-state index contributed by atoms with van der Waals surface area (Å²) < 4.78 is 6.11. The van der Waals surface area contributed by atoms with Gasteiger partial charge in [0.1, 0.15) is 11.2 Å². The average Bonchev–Trinajstić information content (AvgIpc) is 3.45. The van der Waals surface area contributed by atoms with Crippen LogP contribution in [0.15, 0.2) is 144 Å². The summed E-state index contributed by atoms with van der Waals surface area (Å²) in [6.07, 6.45) is 6.75. The highest BCUT2D eigenvalue weighted by Gasteiger charge is 2.18. The molecule has 0 aliphatic heterocycles. The summed E-state index contributed by atoms with van der Waals surface area (Å²) in [4.78, 5) is 0. The van der Waals surface area contributed by atoms with E-state index >= 15 is 0 Å². The lowest BCUT2D eigenvalue weighted by atomic mass is 9.84. The van der Waals surface area contributed by atoms with Crippen molar-refractivity contribution in [2.75, 3.05) is 0 Å². The molecule has 1 heterocycles. The third-order valence-corrected chi connectivity index (χ3v) is 9.10. The average molecular weight is 549 g/mol. The van der Waals surface area contributed by atoms with Crippen molar-refractivity contribution in [2.24, 2.45) is 0 Å². The van der Waals surface area contributed by atoms with E-state index in [-0.39, 0.29) is 0 Å². The van der Waals surface area contributed by atoms with E-state index in [1.165, 1.54) is 66.1 Å². The number of furan rings is 1.